The number of carboxylic acids is 1. The first kappa shape index (κ1) is 12.0. The van der Waals surface area contributed by atoms with Crippen molar-refractivity contribution in [3.63, 3.8) is 0 Å². The van der Waals surface area contributed by atoms with E-state index in [2.05, 4.69) is 5.32 Å². The molecule has 0 radical (unpaired) electrons. The highest BCUT2D eigenvalue weighted by Gasteiger charge is 2.27. The molecular formula is C11H14N2O3. The van der Waals surface area contributed by atoms with Gasteiger partial charge in [0.25, 0.3) is 0 Å². The summed E-state index contributed by atoms with van der Waals surface area (Å²) in [7, 11) is 0. The van der Waals surface area contributed by atoms with E-state index in [1.807, 2.05) is 0 Å². The van der Waals surface area contributed by atoms with E-state index in [9.17, 15) is 9.59 Å². The van der Waals surface area contributed by atoms with Crippen LogP contribution in [-0.4, -0.2) is 23.5 Å². The van der Waals surface area contributed by atoms with E-state index in [-0.39, 0.29) is 0 Å². The van der Waals surface area contributed by atoms with Crippen LogP contribution in [0.25, 0.3) is 0 Å². The van der Waals surface area contributed by atoms with Crippen LogP contribution in [0, 0.1) is 0 Å². The van der Waals surface area contributed by atoms with Crippen LogP contribution in [0.5, 0.6) is 0 Å². The number of nitrogens with two attached hydrogens (primary N) is 1. The Bertz CT molecular complexity index is 387. The van der Waals surface area contributed by atoms with E-state index < -0.39 is 17.8 Å². The lowest BCUT2D eigenvalue weighted by atomic mass is 9.98. The standard InChI is InChI=1S/C11H14N2O3/c1-2-13-10(14)9(11(15)16)7-3-5-8(12)6-4-7/h3-6,9H,2,12H2,1H3,(H,13,14)(H,15,16). The number of benzene rings is 1. The van der Waals surface area contributed by atoms with Crippen LogP contribution in [0.3, 0.4) is 0 Å². The summed E-state index contributed by atoms with van der Waals surface area (Å²) < 4.78 is 0. The monoisotopic (exact) mass is 222 g/mol. The first-order valence-electron chi connectivity index (χ1n) is 4.92. The number of carboxylic acid groups (broad SMARTS) is 1. The number of anilines is 1. The maximum absolute atomic E-state index is 11.5. The molecule has 0 fully saturated rings. The van der Waals surface area contributed by atoms with Gasteiger partial charge in [0.1, 0.15) is 0 Å². The van der Waals surface area contributed by atoms with Gasteiger partial charge < -0.3 is 16.2 Å². The first-order chi connectivity index (χ1) is 7.56. The van der Waals surface area contributed by atoms with Crippen molar-refractivity contribution in [1.82, 2.24) is 5.32 Å². The molecule has 1 unspecified atom stereocenters. The third-order valence-corrected chi connectivity index (χ3v) is 2.13. The highest BCUT2D eigenvalue weighted by Crippen LogP contribution is 2.17. The molecule has 4 N–H and O–H groups in total. The maximum Gasteiger partial charge on any atom is 0.320 e. The number of rotatable bonds is 4. The molecule has 1 rings (SSSR count). The van der Waals surface area contributed by atoms with Crippen LogP contribution in [0.15, 0.2) is 24.3 Å². The van der Waals surface area contributed by atoms with Crippen LogP contribution in [0.4, 0.5) is 5.69 Å². The molecule has 0 aliphatic rings. The Balaban J connectivity index is 2.98. The summed E-state index contributed by atoms with van der Waals surface area (Å²) in [5, 5.41) is 11.5. The van der Waals surface area contributed by atoms with Gasteiger partial charge in [-0.25, -0.2) is 0 Å². The quantitative estimate of drug-likeness (QED) is 0.513. The van der Waals surface area contributed by atoms with Gasteiger partial charge in [-0.05, 0) is 24.6 Å². The van der Waals surface area contributed by atoms with Crippen molar-refractivity contribution in [2.75, 3.05) is 12.3 Å². The van der Waals surface area contributed by atoms with E-state index in [4.69, 9.17) is 10.8 Å². The number of carbonyl (C=O) groups excluding carboxylic acids is 1. The average molecular weight is 222 g/mol. The fraction of sp³-hybridized carbons (Fsp3) is 0.273. The SMILES string of the molecule is CCNC(=O)C(C(=O)O)c1ccc(N)cc1. The molecule has 0 bridgehead atoms. The minimum absolute atomic E-state index is 0.400. The zero-order chi connectivity index (χ0) is 12.1. The van der Waals surface area contributed by atoms with Crippen molar-refractivity contribution >= 4 is 17.6 Å². The Labute approximate surface area is 93.3 Å². The average Bonchev–Trinajstić information content (AvgIpc) is 2.21. The Morgan fingerprint density at radius 3 is 2.38 bits per heavy atom. The minimum atomic E-state index is -1.18. The molecule has 5 heteroatoms. The predicted molar refractivity (Wildman–Crippen MR) is 59.9 cm³/mol. The normalized spacial score (nSPS) is 11.8. The smallest absolute Gasteiger partial charge is 0.320 e. The Kier molecular flexibility index (Phi) is 3.88. The Morgan fingerprint density at radius 2 is 1.94 bits per heavy atom. The van der Waals surface area contributed by atoms with Crippen molar-refractivity contribution < 1.29 is 14.7 Å². The highest BCUT2D eigenvalue weighted by molar-refractivity contribution is 6.02. The van der Waals surface area contributed by atoms with Crippen LogP contribution in [0.2, 0.25) is 0 Å². The number of aliphatic carboxylic acids is 1. The second-order valence-electron chi connectivity index (χ2n) is 3.33. The van der Waals surface area contributed by atoms with Crippen molar-refractivity contribution in [1.29, 1.82) is 0 Å². The minimum Gasteiger partial charge on any atom is -0.480 e. The number of nitrogens with one attached hydrogen (secondary N) is 1. The molecule has 0 aliphatic carbocycles. The summed E-state index contributed by atoms with van der Waals surface area (Å²) in [6.45, 7) is 2.14. The summed E-state index contributed by atoms with van der Waals surface area (Å²) >= 11 is 0. The summed E-state index contributed by atoms with van der Waals surface area (Å²) in [6, 6.07) is 6.24. The molecular weight excluding hydrogens is 208 g/mol. The summed E-state index contributed by atoms with van der Waals surface area (Å²) in [5.41, 5.74) is 6.44. The van der Waals surface area contributed by atoms with Crippen LogP contribution < -0.4 is 11.1 Å². The third kappa shape index (κ3) is 2.73. The molecule has 0 aromatic heterocycles. The number of likely N-dealkylation sites (N-methyl/N-ethyl adjacent to an activating group) is 1. The van der Waals surface area contributed by atoms with Gasteiger partial charge in [-0.2, -0.15) is 0 Å². The number of carbonyl (C=O) groups is 2. The van der Waals surface area contributed by atoms with Gasteiger partial charge in [-0.15, -0.1) is 0 Å². The topological polar surface area (TPSA) is 92.4 Å². The van der Waals surface area contributed by atoms with Crippen LogP contribution in [-0.2, 0) is 9.59 Å². The predicted octanol–water partition coefficient (Wildman–Crippen LogP) is 0.573. The molecule has 1 aromatic carbocycles. The number of hydrogen-bond acceptors (Lipinski definition) is 3. The van der Waals surface area contributed by atoms with Crippen molar-refractivity contribution in [3.8, 4) is 0 Å². The van der Waals surface area contributed by atoms with Gasteiger partial charge in [-0.3, -0.25) is 9.59 Å². The first-order valence-corrected chi connectivity index (χ1v) is 4.92. The largest absolute Gasteiger partial charge is 0.480 e. The second-order valence-corrected chi connectivity index (χ2v) is 3.33. The van der Waals surface area contributed by atoms with Crippen molar-refractivity contribution in [3.05, 3.63) is 29.8 Å². The molecule has 1 aromatic rings. The molecule has 0 spiro atoms. The van der Waals surface area contributed by atoms with Gasteiger partial charge in [0.05, 0.1) is 0 Å². The van der Waals surface area contributed by atoms with Gasteiger partial charge >= 0.3 is 5.97 Å². The van der Waals surface area contributed by atoms with Crippen molar-refractivity contribution in [2.45, 2.75) is 12.8 Å². The molecule has 1 atom stereocenters. The van der Waals surface area contributed by atoms with E-state index in [0.717, 1.165) is 0 Å². The molecule has 1 amide bonds. The molecule has 86 valence electrons. The Hall–Kier alpha value is -2.04. The van der Waals surface area contributed by atoms with Gasteiger partial charge in [0.15, 0.2) is 5.92 Å². The maximum atomic E-state index is 11.5. The summed E-state index contributed by atoms with van der Waals surface area (Å²) in [5.74, 6) is -2.86. The molecule has 5 nitrogen and oxygen atoms in total. The Morgan fingerprint density at radius 1 is 1.38 bits per heavy atom. The van der Waals surface area contributed by atoms with E-state index in [1.54, 1.807) is 31.2 Å². The van der Waals surface area contributed by atoms with Gasteiger partial charge in [0, 0.05) is 12.2 Å². The number of amides is 1. The van der Waals surface area contributed by atoms with E-state index >= 15 is 0 Å². The third-order valence-electron chi connectivity index (χ3n) is 2.13. The summed E-state index contributed by atoms with van der Waals surface area (Å²) in [4.78, 5) is 22.6. The fourth-order valence-corrected chi connectivity index (χ4v) is 1.37. The van der Waals surface area contributed by atoms with Gasteiger partial charge in [0.2, 0.25) is 5.91 Å². The van der Waals surface area contributed by atoms with Crippen LogP contribution >= 0.6 is 0 Å². The lowest BCUT2D eigenvalue weighted by Gasteiger charge is -2.12. The second kappa shape index (κ2) is 5.16. The van der Waals surface area contributed by atoms with Crippen molar-refractivity contribution in [2.24, 2.45) is 0 Å². The molecule has 0 heterocycles. The number of hydrogen-bond donors (Lipinski definition) is 3. The van der Waals surface area contributed by atoms with Gasteiger partial charge in [-0.1, -0.05) is 12.1 Å². The lowest BCUT2D eigenvalue weighted by molar-refractivity contribution is -0.143. The number of nitrogen functional groups attached to an aromatic ring is 1. The zero-order valence-corrected chi connectivity index (χ0v) is 8.93. The molecule has 16 heavy (non-hydrogen) atoms. The molecule has 0 saturated heterocycles. The molecule has 0 aliphatic heterocycles. The fourth-order valence-electron chi connectivity index (χ4n) is 1.37. The lowest BCUT2D eigenvalue weighted by Crippen LogP contribution is -2.33. The highest BCUT2D eigenvalue weighted by atomic mass is 16.4. The summed E-state index contributed by atoms with van der Waals surface area (Å²) in [6.07, 6.45) is 0. The van der Waals surface area contributed by atoms with E-state index in [1.165, 1.54) is 0 Å². The zero-order valence-electron chi connectivity index (χ0n) is 8.93. The van der Waals surface area contributed by atoms with E-state index in [0.29, 0.717) is 17.8 Å². The molecule has 0 saturated carbocycles. The van der Waals surface area contributed by atoms with Crippen LogP contribution in [0.1, 0.15) is 18.4 Å².